The van der Waals surface area contributed by atoms with E-state index < -0.39 is 5.82 Å². The van der Waals surface area contributed by atoms with Gasteiger partial charge in [-0.2, -0.15) is 0 Å². The van der Waals surface area contributed by atoms with E-state index in [4.69, 9.17) is 5.73 Å². The molecule has 1 fully saturated rings. The number of nitrogens with one attached hydrogen (secondary N) is 1. The lowest BCUT2D eigenvalue weighted by Gasteiger charge is -2.32. The van der Waals surface area contributed by atoms with Crippen molar-refractivity contribution in [2.24, 2.45) is 11.7 Å². The number of anilines is 2. The summed E-state index contributed by atoms with van der Waals surface area (Å²) in [5.74, 6) is -0.563. The number of pyridine rings is 1. The lowest BCUT2D eigenvalue weighted by atomic mass is 9.97. The van der Waals surface area contributed by atoms with Gasteiger partial charge in [0.05, 0.1) is 17.8 Å². The highest BCUT2D eigenvalue weighted by Gasteiger charge is 2.24. The van der Waals surface area contributed by atoms with E-state index in [0.29, 0.717) is 17.8 Å². The largest absolute Gasteiger partial charge is 0.369 e. The van der Waals surface area contributed by atoms with E-state index in [0.717, 1.165) is 25.2 Å². The van der Waals surface area contributed by atoms with Gasteiger partial charge in [-0.3, -0.25) is 9.59 Å². The Morgan fingerprint density at radius 3 is 2.81 bits per heavy atom. The van der Waals surface area contributed by atoms with E-state index in [1.807, 2.05) is 4.90 Å². The van der Waals surface area contributed by atoms with Crippen molar-refractivity contribution in [3.8, 4) is 0 Å². The first kappa shape index (κ1) is 17.8. The number of carbonyl (C=O) groups excluding carboxylic acids is 2. The molecule has 0 bridgehead atoms. The highest BCUT2D eigenvalue weighted by Crippen LogP contribution is 2.22. The Bertz CT molecular complexity index is 823. The number of hydrogen-bond donors (Lipinski definition) is 2. The molecule has 3 rings (SSSR count). The number of amides is 2. The molecule has 0 radical (unpaired) electrons. The molecule has 1 saturated heterocycles. The molecular formula is C19H21FN4O2. The Hall–Kier alpha value is -2.96. The molecule has 2 aromatic rings. The second kappa shape index (κ2) is 7.51. The molecule has 6 nitrogen and oxygen atoms in total. The highest BCUT2D eigenvalue weighted by molar-refractivity contribution is 6.05. The second-order valence-electron chi connectivity index (χ2n) is 6.51. The summed E-state index contributed by atoms with van der Waals surface area (Å²) in [5, 5.41) is 2.72. The predicted octanol–water partition coefficient (Wildman–Crippen LogP) is 2.48. The maximum atomic E-state index is 13.4. The quantitative estimate of drug-likeness (QED) is 0.881. The highest BCUT2D eigenvalue weighted by atomic mass is 19.1. The van der Waals surface area contributed by atoms with E-state index in [1.54, 1.807) is 31.3 Å². The van der Waals surface area contributed by atoms with Gasteiger partial charge in [0.25, 0.3) is 5.91 Å². The number of piperidine rings is 1. The van der Waals surface area contributed by atoms with E-state index >= 15 is 0 Å². The van der Waals surface area contributed by atoms with Crippen LogP contribution in [0.3, 0.4) is 0 Å². The number of halogens is 1. The zero-order valence-electron chi connectivity index (χ0n) is 14.5. The van der Waals surface area contributed by atoms with Crippen molar-refractivity contribution >= 4 is 23.3 Å². The Balaban J connectivity index is 1.69. The van der Waals surface area contributed by atoms with Gasteiger partial charge in [0.2, 0.25) is 5.91 Å². The molecular weight excluding hydrogens is 335 g/mol. The van der Waals surface area contributed by atoms with Crippen LogP contribution in [-0.4, -0.2) is 29.9 Å². The maximum absolute atomic E-state index is 13.4. The first-order chi connectivity index (χ1) is 12.4. The third kappa shape index (κ3) is 3.99. The number of hydrogen-bond acceptors (Lipinski definition) is 4. The summed E-state index contributed by atoms with van der Waals surface area (Å²) in [6.07, 6.45) is 3.23. The van der Waals surface area contributed by atoms with Crippen molar-refractivity contribution in [2.45, 2.75) is 19.8 Å². The third-order valence-corrected chi connectivity index (χ3v) is 4.60. The summed E-state index contributed by atoms with van der Waals surface area (Å²) < 4.78 is 13.4. The molecule has 3 N–H and O–H groups in total. The Kier molecular flexibility index (Phi) is 5.16. The molecule has 2 amide bonds. The number of aryl methyl sites for hydroxylation is 1. The molecule has 1 aliphatic heterocycles. The van der Waals surface area contributed by atoms with Crippen molar-refractivity contribution < 1.29 is 14.0 Å². The minimum atomic E-state index is -0.455. The Morgan fingerprint density at radius 1 is 1.31 bits per heavy atom. The van der Waals surface area contributed by atoms with Crippen LogP contribution in [0.2, 0.25) is 0 Å². The number of primary amides is 1. The molecule has 0 spiro atoms. The van der Waals surface area contributed by atoms with Gasteiger partial charge in [-0.15, -0.1) is 0 Å². The van der Waals surface area contributed by atoms with Crippen LogP contribution in [-0.2, 0) is 4.79 Å². The number of benzene rings is 1. The van der Waals surface area contributed by atoms with Gasteiger partial charge in [-0.25, -0.2) is 9.37 Å². The van der Waals surface area contributed by atoms with Gasteiger partial charge in [-0.1, -0.05) is 6.07 Å². The van der Waals surface area contributed by atoms with E-state index in [9.17, 15) is 14.0 Å². The van der Waals surface area contributed by atoms with Crippen molar-refractivity contribution in [1.29, 1.82) is 0 Å². The molecule has 2 heterocycles. The molecule has 1 aromatic heterocycles. The fourth-order valence-corrected chi connectivity index (χ4v) is 3.10. The van der Waals surface area contributed by atoms with Crippen LogP contribution >= 0.6 is 0 Å². The smallest absolute Gasteiger partial charge is 0.256 e. The van der Waals surface area contributed by atoms with Crippen molar-refractivity contribution in [3.05, 3.63) is 53.5 Å². The number of nitrogens with zero attached hydrogens (tertiary/aromatic N) is 2. The molecule has 0 aliphatic carbocycles. The van der Waals surface area contributed by atoms with Crippen LogP contribution in [0.5, 0.6) is 0 Å². The maximum Gasteiger partial charge on any atom is 0.256 e. The third-order valence-electron chi connectivity index (χ3n) is 4.60. The average Bonchev–Trinajstić information content (AvgIpc) is 2.64. The number of aromatic nitrogens is 1. The van der Waals surface area contributed by atoms with Crippen molar-refractivity contribution in [1.82, 2.24) is 4.98 Å². The lowest BCUT2D eigenvalue weighted by Crippen LogP contribution is -2.41. The number of nitrogens with two attached hydrogens (primary N) is 1. The van der Waals surface area contributed by atoms with Crippen LogP contribution in [0, 0.1) is 18.7 Å². The average molecular weight is 356 g/mol. The minimum Gasteiger partial charge on any atom is -0.369 e. The van der Waals surface area contributed by atoms with Gasteiger partial charge in [0.15, 0.2) is 0 Å². The standard InChI is InChI=1S/C19H21FN4O2/c1-12-4-5-14(20)9-16(12)19(26)23-15-6-7-17(22-10-15)24-8-2-3-13(11-24)18(21)25/h4-7,9-10,13H,2-3,8,11H2,1H3,(H2,21,25)(H,23,26)/t13-/m0/s1. The van der Waals surface area contributed by atoms with E-state index in [1.165, 1.54) is 12.1 Å². The zero-order valence-corrected chi connectivity index (χ0v) is 14.5. The summed E-state index contributed by atoms with van der Waals surface area (Å²) >= 11 is 0. The summed E-state index contributed by atoms with van der Waals surface area (Å²) in [6.45, 7) is 3.11. The zero-order chi connectivity index (χ0) is 18.7. The van der Waals surface area contributed by atoms with Gasteiger partial charge < -0.3 is 16.0 Å². The van der Waals surface area contributed by atoms with Crippen LogP contribution in [0.1, 0.15) is 28.8 Å². The topological polar surface area (TPSA) is 88.3 Å². The van der Waals surface area contributed by atoms with E-state index in [2.05, 4.69) is 10.3 Å². The van der Waals surface area contributed by atoms with Crippen LogP contribution < -0.4 is 16.0 Å². The summed E-state index contributed by atoms with van der Waals surface area (Å²) in [7, 11) is 0. The molecule has 1 aromatic carbocycles. The summed E-state index contributed by atoms with van der Waals surface area (Å²) in [6, 6.07) is 7.63. The van der Waals surface area contributed by atoms with Crippen LogP contribution in [0.25, 0.3) is 0 Å². The monoisotopic (exact) mass is 356 g/mol. The predicted molar refractivity (Wildman–Crippen MR) is 97.5 cm³/mol. The van der Waals surface area contributed by atoms with Crippen LogP contribution in [0.4, 0.5) is 15.9 Å². The summed E-state index contributed by atoms with van der Waals surface area (Å²) in [5.41, 5.74) is 6.90. The van der Waals surface area contributed by atoms with Gasteiger partial charge in [-0.05, 0) is 49.6 Å². The first-order valence-corrected chi connectivity index (χ1v) is 8.52. The second-order valence-corrected chi connectivity index (χ2v) is 6.51. The normalized spacial score (nSPS) is 17.0. The van der Waals surface area contributed by atoms with E-state index in [-0.39, 0.29) is 23.3 Å². The van der Waals surface area contributed by atoms with Crippen molar-refractivity contribution in [2.75, 3.05) is 23.3 Å². The molecule has 0 unspecified atom stereocenters. The Labute approximate surface area is 151 Å². The fraction of sp³-hybridized carbons (Fsp3) is 0.316. The fourth-order valence-electron chi connectivity index (χ4n) is 3.10. The SMILES string of the molecule is Cc1ccc(F)cc1C(=O)Nc1ccc(N2CCC[C@H](C(N)=O)C2)nc1. The van der Waals surface area contributed by atoms with Crippen molar-refractivity contribution in [3.63, 3.8) is 0 Å². The molecule has 0 saturated carbocycles. The summed E-state index contributed by atoms with van der Waals surface area (Å²) in [4.78, 5) is 30.1. The molecule has 26 heavy (non-hydrogen) atoms. The molecule has 1 atom stereocenters. The molecule has 1 aliphatic rings. The first-order valence-electron chi connectivity index (χ1n) is 8.52. The number of carbonyl (C=O) groups is 2. The van der Waals surface area contributed by atoms with Gasteiger partial charge >= 0.3 is 0 Å². The molecule has 7 heteroatoms. The lowest BCUT2D eigenvalue weighted by molar-refractivity contribution is -0.122. The van der Waals surface area contributed by atoms with Crippen LogP contribution in [0.15, 0.2) is 36.5 Å². The number of rotatable bonds is 4. The molecule has 136 valence electrons. The minimum absolute atomic E-state index is 0.166. The Morgan fingerprint density at radius 2 is 2.12 bits per heavy atom. The van der Waals surface area contributed by atoms with Gasteiger partial charge in [0, 0.05) is 18.7 Å². The van der Waals surface area contributed by atoms with Gasteiger partial charge in [0.1, 0.15) is 11.6 Å².